The first kappa shape index (κ1) is 13.1. The Morgan fingerprint density at radius 3 is 2.26 bits per heavy atom. The zero-order valence-corrected chi connectivity index (χ0v) is 11.9. The summed E-state index contributed by atoms with van der Waals surface area (Å²) in [4.78, 5) is 4.25. The summed E-state index contributed by atoms with van der Waals surface area (Å²) >= 11 is 0. The molecule has 2 aliphatic rings. The number of aromatic nitrogens is 1. The highest BCUT2D eigenvalue weighted by Crippen LogP contribution is 2.40. The van der Waals surface area contributed by atoms with Gasteiger partial charge in [-0.15, -0.1) is 0 Å². The lowest BCUT2D eigenvalue weighted by atomic mass is 9.80. The molecule has 5 heteroatoms. The fraction of sp³-hybridized carbons (Fsp3) is 0.643. The number of halogens is 1. The van der Waals surface area contributed by atoms with Crippen molar-refractivity contribution in [2.75, 3.05) is 0 Å². The summed E-state index contributed by atoms with van der Waals surface area (Å²) in [6.45, 7) is 7.93. The predicted octanol–water partition coefficient (Wildman–Crippen LogP) is 2.40. The van der Waals surface area contributed by atoms with Crippen molar-refractivity contribution in [1.82, 2.24) is 4.98 Å². The second-order valence-corrected chi connectivity index (χ2v) is 6.50. The molecule has 1 aromatic heterocycles. The molecule has 1 saturated heterocycles. The summed E-state index contributed by atoms with van der Waals surface area (Å²) in [5, 5.41) is 0. The fourth-order valence-corrected chi connectivity index (χ4v) is 2.23. The summed E-state index contributed by atoms with van der Waals surface area (Å²) < 4.78 is 25.8. The molecule has 0 N–H and O–H groups in total. The van der Waals surface area contributed by atoms with Crippen LogP contribution in [-0.2, 0) is 9.31 Å². The maximum atomic E-state index is 14.0. The van der Waals surface area contributed by atoms with Crippen LogP contribution in [0.5, 0.6) is 0 Å². The van der Waals surface area contributed by atoms with Gasteiger partial charge in [0.05, 0.1) is 16.9 Å². The Bertz CT molecular complexity index is 498. The van der Waals surface area contributed by atoms with Crippen molar-refractivity contribution < 1.29 is 13.7 Å². The summed E-state index contributed by atoms with van der Waals surface area (Å²) in [6.07, 6.45) is 3.76. The maximum absolute atomic E-state index is 14.0. The van der Waals surface area contributed by atoms with Crippen LogP contribution in [0.3, 0.4) is 0 Å². The maximum Gasteiger partial charge on any atom is 0.496 e. The van der Waals surface area contributed by atoms with Gasteiger partial charge in [-0.25, -0.2) is 4.39 Å². The van der Waals surface area contributed by atoms with Gasteiger partial charge in [0.1, 0.15) is 5.82 Å². The van der Waals surface area contributed by atoms with Crippen LogP contribution in [0.2, 0.25) is 0 Å². The SMILES string of the molecule is CC1(C)OB(c2cnc(C3CC3)c(F)c2)OC1(C)C. The average Bonchev–Trinajstić information content (AvgIpc) is 3.07. The minimum Gasteiger partial charge on any atom is -0.399 e. The molecular weight excluding hydrogens is 244 g/mol. The lowest BCUT2D eigenvalue weighted by Gasteiger charge is -2.32. The van der Waals surface area contributed by atoms with Gasteiger partial charge in [-0.1, -0.05) is 0 Å². The molecular formula is C14H19BFNO2. The highest BCUT2D eigenvalue weighted by Gasteiger charge is 2.52. The molecule has 0 unspecified atom stereocenters. The third-order valence-electron chi connectivity index (χ3n) is 4.38. The van der Waals surface area contributed by atoms with Gasteiger partial charge >= 0.3 is 7.12 Å². The lowest BCUT2D eigenvalue weighted by Crippen LogP contribution is -2.41. The smallest absolute Gasteiger partial charge is 0.399 e. The van der Waals surface area contributed by atoms with Gasteiger partial charge in [-0.3, -0.25) is 4.98 Å². The van der Waals surface area contributed by atoms with Gasteiger partial charge in [0, 0.05) is 17.6 Å². The first-order chi connectivity index (χ1) is 8.80. The standard InChI is InChI=1S/C14H19BFNO2/c1-13(2)14(3,4)19-15(18-13)10-7-11(16)12(17-8-10)9-5-6-9/h7-9H,5-6H2,1-4H3. The predicted molar refractivity (Wildman–Crippen MR) is 71.9 cm³/mol. The molecule has 3 nitrogen and oxygen atoms in total. The minimum atomic E-state index is -0.541. The number of nitrogens with zero attached hydrogens (tertiary/aromatic N) is 1. The zero-order valence-electron chi connectivity index (χ0n) is 11.9. The van der Waals surface area contributed by atoms with E-state index in [4.69, 9.17) is 9.31 Å². The molecule has 0 atom stereocenters. The summed E-state index contributed by atoms with van der Waals surface area (Å²) in [6, 6.07) is 1.50. The monoisotopic (exact) mass is 263 g/mol. The van der Waals surface area contributed by atoms with E-state index in [1.54, 1.807) is 6.20 Å². The third kappa shape index (κ3) is 2.19. The molecule has 0 spiro atoms. The van der Waals surface area contributed by atoms with Crippen molar-refractivity contribution in [3.05, 3.63) is 23.8 Å². The largest absolute Gasteiger partial charge is 0.496 e. The van der Waals surface area contributed by atoms with Crippen LogP contribution in [-0.4, -0.2) is 23.3 Å². The van der Waals surface area contributed by atoms with Crippen LogP contribution in [0.25, 0.3) is 0 Å². The molecule has 0 amide bonds. The molecule has 102 valence electrons. The number of hydrogen-bond acceptors (Lipinski definition) is 3. The summed E-state index contributed by atoms with van der Waals surface area (Å²) in [5.74, 6) is 0.0714. The van der Waals surface area contributed by atoms with Crippen molar-refractivity contribution in [2.45, 2.75) is 57.7 Å². The van der Waals surface area contributed by atoms with Crippen LogP contribution in [0, 0.1) is 5.82 Å². The van der Waals surface area contributed by atoms with Crippen LogP contribution >= 0.6 is 0 Å². The molecule has 1 aliphatic heterocycles. The van der Waals surface area contributed by atoms with Gasteiger partial charge in [0.25, 0.3) is 0 Å². The molecule has 19 heavy (non-hydrogen) atoms. The molecule has 1 aromatic rings. The first-order valence-electron chi connectivity index (χ1n) is 6.81. The number of pyridine rings is 1. The van der Waals surface area contributed by atoms with Crippen LogP contribution in [0.4, 0.5) is 4.39 Å². The van der Waals surface area contributed by atoms with E-state index in [0.717, 1.165) is 12.8 Å². The Balaban J connectivity index is 1.86. The van der Waals surface area contributed by atoms with E-state index in [1.807, 2.05) is 27.7 Å². The fourth-order valence-electron chi connectivity index (χ4n) is 2.23. The molecule has 0 aromatic carbocycles. The van der Waals surface area contributed by atoms with Crippen LogP contribution in [0.15, 0.2) is 12.3 Å². The van der Waals surface area contributed by atoms with Crippen molar-refractivity contribution in [2.24, 2.45) is 0 Å². The Kier molecular flexibility index (Phi) is 2.77. The van der Waals surface area contributed by atoms with E-state index < -0.39 is 18.3 Å². The highest BCUT2D eigenvalue weighted by atomic mass is 19.1. The van der Waals surface area contributed by atoms with E-state index in [2.05, 4.69) is 4.98 Å². The van der Waals surface area contributed by atoms with Crippen molar-refractivity contribution in [3.8, 4) is 0 Å². The second kappa shape index (κ2) is 4.03. The normalized spacial score (nSPS) is 24.8. The minimum absolute atomic E-state index is 0.241. The highest BCUT2D eigenvalue weighted by molar-refractivity contribution is 6.62. The molecule has 3 rings (SSSR count). The van der Waals surface area contributed by atoms with Gasteiger partial charge in [-0.05, 0) is 46.6 Å². The Morgan fingerprint density at radius 1 is 1.21 bits per heavy atom. The van der Waals surface area contributed by atoms with E-state index in [-0.39, 0.29) is 5.82 Å². The van der Waals surface area contributed by atoms with Gasteiger partial charge in [-0.2, -0.15) is 0 Å². The molecule has 0 bridgehead atoms. The van der Waals surface area contributed by atoms with Crippen molar-refractivity contribution in [1.29, 1.82) is 0 Å². The van der Waals surface area contributed by atoms with E-state index >= 15 is 0 Å². The molecule has 2 heterocycles. The van der Waals surface area contributed by atoms with Crippen molar-refractivity contribution in [3.63, 3.8) is 0 Å². The topological polar surface area (TPSA) is 31.4 Å². The van der Waals surface area contributed by atoms with Crippen LogP contribution < -0.4 is 5.46 Å². The molecule has 1 saturated carbocycles. The zero-order chi connectivity index (χ0) is 13.8. The first-order valence-corrected chi connectivity index (χ1v) is 6.81. The van der Waals surface area contributed by atoms with E-state index in [1.165, 1.54) is 6.07 Å². The Morgan fingerprint density at radius 2 is 1.79 bits per heavy atom. The van der Waals surface area contributed by atoms with E-state index in [9.17, 15) is 4.39 Å². The number of hydrogen-bond donors (Lipinski definition) is 0. The second-order valence-electron chi connectivity index (χ2n) is 6.50. The Hall–Kier alpha value is -0.935. The molecule has 2 fully saturated rings. The third-order valence-corrected chi connectivity index (χ3v) is 4.38. The van der Waals surface area contributed by atoms with Gasteiger partial charge in [0.2, 0.25) is 0 Å². The average molecular weight is 263 g/mol. The summed E-state index contributed by atoms with van der Waals surface area (Å²) in [7, 11) is -0.541. The summed E-state index contributed by atoms with van der Waals surface area (Å²) in [5.41, 5.74) is 0.410. The lowest BCUT2D eigenvalue weighted by molar-refractivity contribution is 0.00578. The Labute approximate surface area is 113 Å². The van der Waals surface area contributed by atoms with Crippen LogP contribution in [0.1, 0.15) is 52.1 Å². The molecule has 0 radical (unpaired) electrons. The number of rotatable bonds is 2. The van der Waals surface area contributed by atoms with Crippen molar-refractivity contribution >= 4 is 12.6 Å². The van der Waals surface area contributed by atoms with E-state index in [0.29, 0.717) is 17.1 Å². The molecule has 1 aliphatic carbocycles. The quantitative estimate of drug-likeness (QED) is 0.768. The van der Waals surface area contributed by atoms with Gasteiger partial charge < -0.3 is 9.31 Å². The van der Waals surface area contributed by atoms with Gasteiger partial charge in [0.15, 0.2) is 0 Å².